The van der Waals surface area contributed by atoms with E-state index in [0.29, 0.717) is 16.3 Å². The molecule has 2 nitrogen and oxygen atoms in total. The van der Waals surface area contributed by atoms with Crippen LogP contribution in [0.5, 0.6) is 0 Å². The standard InChI is InChI=1S/C7H6BrClN2/c8-5-2-7(11)4(3-10)1-6(5)9/h1-3,10H,11H2. The van der Waals surface area contributed by atoms with Gasteiger partial charge in [0.1, 0.15) is 0 Å². The molecule has 0 atom stereocenters. The molecular weight excluding hydrogens is 227 g/mol. The van der Waals surface area contributed by atoms with Crippen molar-refractivity contribution in [2.75, 3.05) is 5.73 Å². The molecule has 0 amide bonds. The first kappa shape index (κ1) is 8.56. The summed E-state index contributed by atoms with van der Waals surface area (Å²) in [4.78, 5) is 0. The second kappa shape index (κ2) is 3.24. The largest absolute Gasteiger partial charge is 0.398 e. The fourth-order valence-electron chi connectivity index (χ4n) is 0.703. The van der Waals surface area contributed by atoms with Gasteiger partial charge in [0.05, 0.1) is 5.02 Å². The molecule has 0 fully saturated rings. The van der Waals surface area contributed by atoms with Crippen LogP contribution in [0.3, 0.4) is 0 Å². The van der Waals surface area contributed by atoms with Gasteiger partial charge < -0.3 is 11.1 Å². The number of rotatable bonds is 1. The summed E-state index contributed by atoms with van der Waals surface area (Å²) in [5, 5.41) is 7.54. The number of nitrogens with two attached hydrogens (primary N) is 1. The fraction of sp³-hybridized carbons (Fsp3) is 0. The molecule has 0 saturated heterocycles. The Morgan fingerprint density at radius 1 is 1.55 bits per heavy atom. The van der Waals surface area contributed by atoms with Gasteiger partial charge in [0.25, 0.3) is 0 Å². The van der Waals surface area contributed by atoms with Gasteiger partial charge in [-0.25, -0.2) is 0 Å². The van der Waals surface area contributed by atoms with E-state index in [-0.39, 0.29) is 0 Å². The molecule has 0 aromatic heterocycles. The zero-order chi connectivity index (χ0) is 8.43. The third-order valence-electron chi connectivity index (χ3n) is 1.28. The lowest BCUT2D eigenvalue weighted by atomic mass is 10.2. The highest BCUT2D eigenvalue weighted by Gasteiger charge is 2.01. The molecule has 1 aromatic rings. The Labute approximate surface area is 78.0 Å². The summed E-state index contributed by atoms with van der Waals surface area (Å²) in [6, 6.07) is 3.33. The average molecular weight is 233 g/mol. The minimum absolute atomic E-state index is 0.552. The SMILES string of the molecule is N=Cc1cc(Cl)c(Br)cc1N. The van der Waals surface area contributed by atoms with Crippen LogP contribution in [0.4, 0.5) is 5.69 Å². The van der Waals surface area contributed by atoms with Crippen LogP contribution in [0.25, 0.3) is 0 Å². The van der Waals surface area contributed by atoms with E-state index in [9.17, 15) is 0 Å². The van der Waals surface area contributed by atoms with Crippen molar-refractivity contribution < 1.29 is 0 Å². The Morgan fingerprint density at radius 3 is 2.73 bits per heavy atom. The molecule has 3 N–H and O–H groups in total. The number of halogens is 2. The van der Waals surface area contributed by atoms with E-state index in [1.54, 1.807) is 12.1 Å². The van der Waals surface area contributed by atoms with Gasteiger partial charge in [-0.1, -0.05) is 11.6 Å². The zero-order valence-corrected chi connectivity index (χ0v) is 7.91. The molecule has 4 heteroatoms. The van der Waals surface area contributed by atoms with Crippen LogP contribution >= 0.6 is 27.5 Å². The minimum atomic E-state index is 0.552. The molecule has 0 aliphatic carbocycles. The van der Waals surface area contributed by atoms with E-state index < -0.39 is 0 Å². The molecule has 11 heavy (non-hydrogen) atoms. The number of nitrogen functional groups attached to an aromatic ring is 1. The van der Waals surface area contributed by atoms with Crippen molar-refractivity contribution in [2.24, 2.45) is 0 Å². The first-order valence-corrected chi connectivity index (χ1v) is 4.07. The highest BCUT2D eigenvalue weighted by Crippen LogP contribution is 2.26. The molecule has 0 radical (unpaired) electrons. The molecule has 0 aliphatic heterocycles. The number of hydrogen-bond acceptors (Lipinski definition) is 2. The van der Waals surface area contributed by atoms with Crippen LogP contribution < -0.4 is 5.73 Å². The summed E-state index contributed by atoms with van der Waals surface area (Å²) in [5.41, 5.74) is 6.75. The van der Waals surface area contributed by atoms with Crippen molar-refractivity contribution >= 4 is 39.4 Å². The van der Waals surface area contributed by atoms with Gasteiger partial charge >= 0.3 is 0 Å². The Balaban J connectivity index is 3.31. The molecule has 0 spiro atoms. The molecule has 0 heterocycles. The normalized spacial score (nSPS) is 9.64. The number of nitrogens with one attached hydrogen (secondary N) is 1. The smallest absolute Gasteiger partial charge is 0.0556 e. The van der Waals surface area contributed by atoms with Crippen molar-refractivity contribution in [3.63, 3.8) is 0 Å². The lowest BCUT2D eigenvalue weighted by Gasteiger charge is -2.01. The fourth-order valence-corrected chi connectivity index (χ4v) is 1.24. The first-order chi connectivity index (χ1) is 5.15. The monoisotopic (exact) mass is 232 g/mol. The van der Waals surface area contributed by atoms with Crippen LogP contribution in [0, 0.1) is 5.41 Å². The highest BCUT2D eigenvalue weighted by atomic mass is 79.9. The molecule has 1 rings (SSSR count). The molecule has 58 valence electrons. The molecule has 0 unspecified atom stereocenters. The number of benzene rings is 1. The van der Waals surface area contributed by atoms with Crippen molar-refractivity contribution in [1.82, 2.24) is 0 Å². The van der Waals surface area contributed by atoms with E-state index >= 15 is 0 Å². The van der Waals surface area contributed by atoms with E-state index in [4.69, 9.17) is 22.7 Å². The third-order valence-corrected chi connectivity index (χ3v) is 2.48. The molecular formula is C7H6BrClN2. The second-order valence-corrected chi connectivity index (χ2v) is 3.30. The van der Waals surface area contributed by atoms with Crippen molar-refractivity contribution in [3.05, 3.63) is 27.2 Å². The predicted octanol–water partition coefficient (Wildman–Crippen LogP) is 2.68. The lowest BCUT2D eigenvalue weighted by molar-refractivity contribution is 1.53. The van der Waals surface area contributed by atoms with E-state index in [0.717, 1.165) is 4.47 Å². The van der Waals surface area contributed by atoms with Crippen LogP contribution in [0.2, 0.25) is 5.02 Å². The molecule has 0 saturated carbocycles. The summed E-state index contributed by atoms with van der Waals surface area (Å²) in [6.07, 6.45) is 1.17. The van der Waals surface area contributed by atoms with Gasteiger partial charge in [0, 0.05) is 21.9 Å². The van der Waals surface area contributed by atoms with Gasteiger partial charge in [-0.2, -0.15) is 0 Å². The van der Waals surface area contributed by atoms with Gasteiger partial charge in [-0.15, -0.1) is 0 Å². The van der Waals surface area contributed by atoms with E-state index in [1.807, 2.05) is 0 Å². The molecule has 1 aromatic carbocycles. The van der Waals surface area contributed by atoms with Crippen LogP contribution in [-0.2, 0) is 0 Å². The summed E-state index contributed by atoms with van der Waals surface area (Å²) in [6.45, 7) is 0. The lowest BCUT2D eigenvalue weighted by Crippen LogP contribution is -1.92. The van der Waals surface area contributed by atoms with Crippen LogP contribution in [0.1, 0.15) is 5.56 Å². The average Bonchev–Trinajstić information content (AvgIpc) is 1.97. The van der Waals surface area contributed by atoms with Gasteiger partial charge in [-0.3, -0.25) is 0 Å². The Morgan fingerprint density at radius 2 is 2.18 bits per heavy atom. The van der Waals surface area contributed by atoms with Gasteiger partial charge in [0.15, 0.2) is 0 Å². The third kappa shape index (κ3) is 1.73. The zero-order valence-electron chi connectivity index (χ0n) is 5.57. The minimum Gasteiger partial charge on any atom is -0.398 e. The van der Waals surface area contributed by atoms with Gasteiger partial charge in [0.2, 0.25) is 0 Å². The highest BCUT2D eigenvalue weighted by molar-refractivity contribution is 9.10. The summed E-state index contributed by atoms with van der Waals surface area (Å²) >= 11 is 8.98. The summed E-state index contributed by atoms with van der Waals surface area (Å²) in [7, 11) is 0. The summed E-state index contributed by atoms with van der Waals surface area (Å²) in [5.74, 6) is 0. The van der Waals surface area contributed by atoms with Crippen LogP contribution in [-0.4, -0.2) is 6.21 Å². The summed E-state index contributed by atoms with van der Waals surface area (Å²) < 4.78 is 0.752. The Kier molecular flexibility index (Phi) is 2.52. The first-order valence-electron chi connectivity index (χ1n) is 2.90. The van der Waals surface area contributed by atoms with E-state index in [2.05, 4.69) is 15.9 Å². The Hall–Kier alpha value is -0.540. The maximum Gasteiger partial charge on any atom is 0.0556 e. The van der Waals surface area contributed by atoms with Crippen LogP contribution in [0.15, 0.2) is 16.6 Å². The quantitative estimate of drug-likeness (QED) is 0.569. The maximum absolute atomic E-state index is 6.97. The molecule has 0 bridgehead atoms. The number of anilines is 1. The maximum atomic E-state index is 6.97. The van der Waals surface area contributed by atoms with Crippen molar-refractivity contribution in [1.29, 1.82) is 5.41 Å². The molecule has 0 aliphatic rings. The van der Waals surface area contributed by atoms with Gasteiger partial charge in [-0.05, 0) is 28.1 Å². The number of hydrogen-bond donors (Lipinski definition) is 2. The Bertz CT molecular complexity index is 299. The van der Waals surface area contributed by atoms with Crippen molar-refractivity contribution in [3.8, 4) is 0 Å². The topological polar surface area (TPSA) is 49.9 Å². The predicted molar refractivity (Wildman–Crippen MR) is 51.5 cm³/mol. The second-order valence-electron chi connectivity index (χ2n) is 2.04. The van der Waals surface area contributed by atoms with Crippen molar-refractivity contribution in [2.45, 2.75) is 0 Å². The van der Waals surface area contributed by atoms with E-state index in [1.165, 1.54) is 6.21 Å².